The number of fused-ring (bicyclic) bond motifs is 4. The largest absolute Gasteiger partial charge is 0.394 e. The van der Waals surface area contributed by atoms with Crippen LogP contribution in [-0.2, 0) is 5.50 Å². The first-order chi connectivity index (χ1) is 25.5. The fourth-order valence-electron chi connectivity index (χ4n) is 7.41. The van der Waals surface area contributed by atoms with Crippen molar-refractivity contribution in [2.45, 2.75) is 10.6 Å². The molecule has 0 spiro atoms. The van der Waals surface area contributed by atoms with Gasteiger partial charge in [0.1, 0.15) is 76.4 Å². The van der Waals surface area contributed by atoms with Crippen LogP contribution in [-0.4, -0.2) is 109 Å². The molecule has 15 heteroatoms. The Morgan fingerprint density at radius 3 is 1.50 bits per heavy atom. The minimum atomic E-state index is -2.50. The molecule has 8 aromatic rings. The van der Waals surface area contributed by atoms with Gasteiger partial charge in [0.25, 0.3) is 0 Å². The van der Waals surface area contributed by atoms with Crippen molar-refractivity contribution in [3.05, 3.63) is 96.8 Å². The van der Waals surface area contributed by atoms with Crippen LogP contribution in [0.25, 0.3) is 71.3 Å². The van der Waals surface area contributed by atoms with Gasteiger partial charge in [-0.25, -0.2) is 4.98 Å². The van der Waals surface area contributed by atoms with E-state index in [1.54, 1.807) is 34.9 Å². The molecule has 8 rings (SSSR count). The molecular formula is C39H16B12N2O. The van der Waals surface area contributed by atoms with E-state index in [0.29, 0.717) is 55.0 Å². The van der Waals surface area contributed by atoms with Crippen molar-refractivity contribution in [1.82, 2.24) is 9.55 Å². The van der Waals surface area contributed by atoms with Crippen LogP contribution in [0.3, 0.4) is 0 Å². The van der Waals surface area contributed by atoms with Crippen LogP contribution in [0.15, 0.2) is 91.0 Å². The number of benzene rings is 7. The molecule has 0 bridgehead atoms. The molecule has 0 aliphatic carbocycles. The summed E-state index contributed by atoms with van der Waals surface area (Å²) in [4.78, 5) is 4.60. The Morgan fingerprint density at radius 2 is 0.963 bits per heavy atom. The van der Waals surface area contributed by atoms with Gasteiger partial charge in [0.05, 0.1) is 40.1 Å². The molecule has 54 heavy (non-hydrogen) atoms. The third-order valence-electron chi connectivity index (χ3n) is 10.3. The molecule has 0 saturated heterocycles. The number of hydrogen-bond donors (Lipinski definition) is 1. The van der Waals surface area contributed by atoms with E-state index in [4.69, 9.17) is 94.2 Å². The zero-order chi connectivity index (χ0) is 38.6. The average Bonchev–Trinajstić information content (AvgIpc) is 3.56. The maximum absolute atomic E-state index is 11.5. The minimum absolute atomic E-state index is 0.0810. The van der Waals surface area contributed by atoms with Crippen LogP contribution in [0.1, 0.15) is 5.82 Å². The number of para-hydroxylation sites is 2. The van der Waals surface area contributed by atoms with Crippen molar-refractivity contribution in [2.75, 3.05) is 0 Å². The predicted octanol–water partition coefficient (Wildman–Crippen LogP) is -1.94. The molecule has 1 atom stereocenters. The Bertz CT molecular complexity index is 2820. The summed E-state index contributed by atoms with van der Waals surface area (Å²) >= 11 is 0. The predicted molar refractivity (Wildman–Crippen MR) is 237 cm³/mol. The summed E-state index contributed by atoms with van der Waals surface area (Å²) in [5.41, 5.74) is 2.41. The summed E-state index contributed by atoms with van der Waals surface area (Å²) in [7, 11) is 78.4. The molecule has 24 radical (unpaired) electrons. The second kappa shape index (κ2) is 12.8. The third-order valence-corrected chi connectivity index (χ3v) is 10.3. The van der Waals surface area contributed by atoms with E-state index in [-0.39, 0.29) is 49.5 Å². The summed E-state index contributed by atoms with van der Waals surface area (Å²) in [6, 6.07) is 28.2. The second-order valence-electron chi connectivity index (χ2n) is 13.6. The van der Waals surface area contributed by atoms with Crippen molar-refractivity contribution in [1.29, 1.82) is 0 Å². The van der Waals surface area contributed by atoms with Crippen LogP contribution in [0, 0.1) is 0 Å². The number of imidazole rings is 1. The van der Waals surface area contributed by atoms with Crippen molar-refractivity contribution >= 4 is 181 Å². The Balaban J connectivity index is 1.57. The molecule has 0 amide bonds. The van der Waals surface area contributed by atoms with E-state index in [0.717, 1.165) is 16.3 Å². The smallest absolute Gasteiger partial charge is 0.135 e. The van der Waals surface area contributed by atoms with Crippen molar-refractivity contribution in [2.24, 2.45) is 0 Å². The molecule has 1 unspecified atom stereocenters. The first kappa shape index (κ1) is 36.5. The van der Waals surface area contributed by atoms with Crippen LogP contribution in [0.4, 0.5) is 0 Å². The van der Waals surface area contributed by atoms with Crippen LogP contribution >= 0.6 is 0 Å². The van der Waals surface area contributed by atoms with E-state index < -0.39 is 10.6 Å². The lowest BCUT2D eigenvalue weighted by Gasteiger charge is -2.39. The molecule has 1 N–H and O–H groups in total. The SMILES string of the molecule is [B]c1c([B])c([B])c2c(-c3ccc4ccccc4c3)c3c([B])c([B])c([B])c([B])c3c(-c3cccc(-n4c(C([B])(O)C([B])([B])[B])nc5ccccc54)c3)c2c1[B]. The lowest BCUT2D eigenvalue weighted by molar-refractivity contribution is 0.118. The van der Waals surface area contributed by atoms with Gasteiger partial charge >= 0.3 is 0 Å². The Kier molecular flexibility index (Phi) is 8.66. The molecule has 0 aliphatic heterocycles. The van der Waals surface area contributed by atoms with Gasteiger partial charge in [-0.2, -0.15) is 0 Å². The van der Waals surface area contributed by atoms with Gasteiger partial charge in [-0.15, -0.1) is 27.0 Å². The van der Waals surface area contributed by atoms with E-state index >= 15 is 0 Å². The van der Waals surface area contributed by atoms with Crippen LogP contribution in [0.2, 0.25) is 5.11 Å². The van der Waals surface area contributed by atoms with Crippen LogP contribution in [0.5, 0.6) is 0 Å². The van der Waals surface area contributed by atoms with Gasteiger partial charge in [-0.05, 0) is 84.9 Å². The summed E-state index contributed by atoms with van der Waals surface area (Å²) in [5.74, 6) is -0.115. The van der Waals surface area contributed by atoms with Gasteiger partial charge in [-0.1, -0.05) is 82.5 Å². The van der Waals surface area contributed by atoms with Gasteiger partial charge in [-0.3, -0.25) is 4.57 Å². The average molecular weight is 658 g/mol. The number of aromatic nitrogens is 2. The molecule has 224 valence electrons. The molecule has 0 aliphatic rings. The summed E-state index contributed by atoms with van der Waals surface area (Å²) in [6.07, 6.45) is 0. The molecule has 0 fully saturated rings. The van der Waals surface area contributed by atoms with Gasteiger partial charge in [0.2, 0.25) is 0 Å². The number of rotatable bonds is 5. The van der Waals surface area contributed by atoms with E-state index in [1.807, 2.05) is 60.7 Å². The van der Waals surface area contributed by atoms with Crippen molar-refractivity contribution < 1.29 is 5.11 Å². The second-order valence-corrected chi connectivity index (χ2v) is 13.6. The zero-order valence-electron chi connectivity index (χ0n) is 28.9. The molecule has 1 aromatic heterocycles. The van der Waals surface area contributed by atoms with Crippen LogP contribution < -0.4 is 43.7 Å². The normalized spacial score (nSPS) is 13.2. The number of hydrogen-bond acceptors (Lipinski definition) is 2. The standard InChI is InChI=1S/C39H16B12N2O/c40-29-25-23(18-8-5-9-20(15-18)53-22-11-4-3-10-21(22)52-37(53)38(48,54)39(49,50)51)26-28(32(43)36(47)34(45)30(26)41)24(27(25)31(42)35(46)33(29)44)19-13-12-16-6-1-2-7-17(16)14-19/h1-15,54H. The number of nitrogens with zero attached hydrogens (tertiary/aromatic N) is 2. The topological polar surface area (TPSA) is 38.0 Å². The first-order valence-corrected chi connectivity index (χ1v) is 16.8. The lowest BCUT2D eigenvalue weighted by atomic mass is 9.32. The highest BCUT2D eigenvalue weighted by molar-refractivity contribution is 6.71. The van der Waals surface area contributed by atoms with Crippen molar-refractivity contribution in [3.63, 3.8) is 0 Å². The Hall–Kier alpha value is -4.47. The van der Waals surface area contributed by atoms with Gasteiger partial charge in [0.15, 0.2) is 0 Å². The highest BCUT2D eigenvalue weighted by atomic mass is 16.3. The third kappa shape index (κ3) is 5.29. The van der Waals surface area contributed by atoms with Gasteiger partial charge in [0, 0.05) is 5.69 Å². The fraction of sp³-hybridized carbons (Fsp3) is 0.0513. The summed E-state index contributed by atoms with van der Waals surface area (Å²) < 4.78 is 1.61. The van der Waals surface area contributed by atoms with E-state index in [1.165, 1.54) is 0 Å². The van der Waals surface area contributed by atoms with E-state index in [2.05, 4.69) is 4.98 Å². The fourth-order valence-corrected chi connectivity index (χ4v) is 7.41. The molecule has 1 heterocycles. The van der Waals surface area contributed by atoms with Gasteiger partial charge < -0.3 is 5.11 Å². The zero-order valence-corrected chi connectivity index (χ0v) is 28.9. The Labute approximate surface area is 329 Å². The molecule has 3 nitrogen and oxygen atoms in total. The number of aliphatic hydroxyl groups is 1. The van der Waals surface area contributed by atoms with Crippen molar-refractivity contribution in [3.8, 4) is 27.9 Å². The highest BCUT2D eigenvalue weighted by Crippen LogP contribution is 2.43. The summed E-state index contributed by atoms with van der Waals surface area (Å²) in [5, 5.41) is 13.0. The first-order valence-electron chi connectivity index (χ1n) is 16.8. The quantitative estimate of drug-likeness (QED) is 0.173. The maximum atomic E-state index is 11.5. The van der Waals surface area contributed by atoms with E-state index in [9.17, 15) is 5.11 Å². The highest BCUT2D eigenvalue weighted by Gasteiger charge is 2.39. The minimum Gasteiger partial charge on any atom is -0.394 e. The monoisotopic (exact) mass is 660 g/mol. The molecule has 0 saturated carbocycles. The summed E-state index contributed by atoms with van der Waals surface area (Å²) in [6.45, 7) is 0. The molecule has 7 aromatic carbocycles. The molecular weight excluding hydrogens is 642 g/mol. The maximum Gasteiger partial charge on any atom is 0.135 e. The Morgan fingerprint density at radius 1 is 0.481 bits per heavy atom. The lowest BCUT2D eigenvalue weighted by Crippen LogP contribution is -2.50.